The van der Waals surface area contributed by atoms with Crippen LogP contribution < -0.4 is 10.6 Å². The van der Waals surface area contributed by atoms with Crippen molar-refractivity contribution in [3.63, 3.8) is 0 Å². The minimum Gasteiger partial charge on any atom is -0.354 e. The monoisotopic (exact) mass is 356 g/mol. The van der Waals surface area contributed by atoms with Crippen LogP contribution in [0, 0.1) is 11.3 Å². The van der Waals surface area contributed by atoms with Gasteiger partial charge in [0, 0.05) is 6.54 Å². The first-order valence-electron chi connectivity index (χ1n) is 8.48. The highest BCUT2D eigenvalue weighted by Crippen LogP contribution is 2.30. The Labute approximate surface area is 153 Å². The van der Waals surface area contributed by atoms with Crippen molar-refractivity contribution in [2.45, 2.75) is 45.1 Å². The van der Waals surface area contributed by atoms with E-state index in [1.807, 2.05) is 30.3 Å². The summed E-state index contributed by atoms with van der Waals surface area (Å²) in [4.78, 5) is 37.8. The van der Waals surface area contributed by atoms with E-state index in [0.717, 1.165) is 10.5 Å². The lowest BCUT2D eigenvalue weighted by Gasteiger charge is -2.24. The van der Waals surface area contributed by atoms with E-state index < -0.39 is 23.4 Å². The van der Waals surface area contributed by atoms with Crippen molar-refractivity contribution < 1.29 is 14.4 Å². The van der Waals surface area contributed by atoms with Gasteiger partial charge in [-0.05, 0) is 23.5 Å². The Hall–Kier alpha value is -2.88. The predicted octanol–water partition coefficient (Wildman–Crippen LogP) is 1.78. The number of rotatable bonds is 5. The summed E-state index contributed by atoms with van der Waals surface area (Å²) >= 11 is 0. The molecular weight excluding hydrogens is 332 g/mol. The molecule has 138 valence electrons. The third-order valence-corrected chi connectivity index (χ3v) is 4.46. The van der Waals surface area contributed by atoms with Crippen molar-refractivity contribution in [2.24, 2.45) is 0 Å². The van der Waals surface area contributed by atoms with E-state index in [1.165, 1.54) is 0 Å². The third-order valence-electron chi connectivity index (χ3n) is 4.46. The smallest absolute Gasteiger partial charge is 0.325 e. The van der Waals surface area contributed by atoms with Crippen LogP contribution in [0.5, 0.6) is 0 Å². The highest BCUT2D eigenvalue weighted by molar-refractivity contribution is 6.09. The molecule has 0 aliphatic carbocycles. The number of hydrogen-bond donors (Lipinski definition) is 2. The van der Waals surface area contributed by atoms with Gasteiger partial charge >= 0.3 is 6.03 Å². The number of imide groups is 1. The summed E-state index contributed by atoms with van der Waals surface area (Å²) in [5.74, 6) is -0.947. The molecule has 1 saturated heterocycles. The maximum atomic E-state index is 12.8. The lowest BCUT2D eigenvalue weighted by Crippen LogP contribution is -2.43. The van der Waals surface area contributed by atoms with Gasteiger partial charge in [0.25, 0.3) is 5.91 Å². The summed E-state index contributed by atoms with van der Waals surface area (Å²) in [6, 6.07) is 8.85. The van der Waals surface area contributed by atoms with E-state index in [-0.39, 0.29) is 24.9 Å². The van der Waals surface area contributed by atoms with Crippen LogP contribution in [0.4, 0.5) is 4.79 Å². The lowest BCUT2D eigenvalue weighted by atomic mass is 9.84. The zero-order chi connectivity index (χ0) is 19.5. The van der Waals surface area contributed by atoms with Crippen LogP contribution in [0.2, 0.25) is 0 Å². The molecule has 0 aromatic heterocycles. The van der Waals surface area contributed by atoms with E-state index in [2.05, 4.69) is 31.4 Å². The summed E-state index contributed by atoms with van der Waals surface area (Å²) in [5.41, 5.74) is 0.558. The summed E-state index contributed by atoms with van der Waals surface area (Å²) < 4.78 is 0. The Morgan fingerprint density at radius 1 is 1.27 bits per heavy atom. The summed E-state index contributed by atoms with van der Waals surface area (Å²) in [5, 5.41) is 13.7. The summed E-state index contributed by atoms with van der Waals surface area (Å²) in [6.45, 7) is 7.74. The molecule has 0 radical (unpaired) electrons. The number of carbonyl (C=O) groups is 3. The van der Waals surface area contributed by atoms with Gasteiger partial charge in [-0.15, -0.1) is 0 Å². The van der Waals surface area contributed by atoms with Crippen LogP contribution in [0.15, 0.2) is 24.3 Å². The van der Waals surface area contributed by atoms with Crippen molar-refractivity contribution in [1.82, 2.24) is 15.5 Å². The highest BCUT2D eigenvalue weighted by atomic mass is 16.2. The predicted molar refractivity (Wildman–Crippen MR) is 96.0 cm³/mol. The zero-order valence-corrected chi connectivity index (χ0v) is 15.5. The molecule has 0 saturated carbocycles. The molecule has 7 heteroatoms. The Bertz CT molecular complexity index is 758. The van der Waals surface area contributed by atoms with Gasteiger partial charge in [-0.1, -0.05) is 45.0 Å². The fourth-order valence-electron chi connectivity index (χ4n) is 2.80. The highest BCUT2D eigenvalue weighted by Gasteiger charge is 2.49. The van der Waals surface area contributed by atoms with Gasteiger partial charge in [0.05, 0.1) is 12.5 Å². The minimum atomic E-state index is -1.21. The number of nitrogens with zero attached hydrogens (tertiary/aromatic N) is 2. The molecule has 1 aromatic carbocycles. The van der Waals surface area contributed by atoms with Crippen molar-refractivity contribution >= 4 is 17.8 Å². The quantitative estimate of drug-likeness (QED) is 0.620. The molecule has 0 spiro atoms. The average molecular weight is 356 g/mol. The zero-order valence-electron chi connectivity index (χ0n) is 15.5. The molecule has 7 nitrogen and oxygen atoms in total. The van der Waals surface area contributed by atoms with E-state index in [0.29, 0.717) is 5.56 Å². The third kappa shape index (κ3) is 3.85. The number of urea groups is 1. The van der Waals surface area contributed by atoms with Crippen LogP contribution in [0.3, 0.4) is 0 Å². The number of carbonyl (C=O) groups excluding carboxylic acids is 3. The molecule has 26 heavy (non-hydrogen) atoms. The van der Waals surface area contributed by atoms with Crippen molar-refractivity contribution in [3.8, 4) is 6.07 Å². The summed E-state index contributed by atoms with van der Waals surface area (Å²) in [7, 11) is 0. The molecule has 1 aliphatic heterocycles. The molecule has 2 rings (SSSR count). The Balaban J connectivity index is 2.16. The van der Waals surface area contributed by atoms with Gasteiger partial charge in [-0.25, -0.2) is 4.79 Å². The largest absolute Gasteiger partial charge is 0.354 e. The number of benzene rings is 1. The van der Waals surface area contributed by atoms with Gasteiger partial charge in [0.1, 0.15) is 12.1 Å². The molecule has 2 N–H and O–H groups in total. The van der Waals surface area contributed by atoms with Crippen LogP contribution in [-0.4, -0.2) is 35.8 Å². The number of hydrogen-bond acceptors (Lipinski definition) is 4. The van der Waals surface area contributed by atoms with E-state index >= 15 is 0 Å². The number of nitriles is 1. The topological polar surface area (TPSA) is 102 Å². The Morgan fingerprint density at radius 2 is 1.88 bits per heavy atom. The second kappa shape index (κ2) is 7.16. The van der Waals surface area contributed by atoms with Crippen molar-refractivity contribution in [2.75, 3.05) is 13.1 Å². The Kier molecular flexibility index (Phi) is 5.36. The normalized spacial score (nSPS) is 19.9. The number of nitrogens with one attached hydrogen (secondary N) is 2. The molecule has 1 heterocycles. The molecule has 1 aliphatic rings. The first kappa shape index (κ1) is 19.4. The van der Waals surface area contributed by atoms with Gasteiger partial charge in [-0.3, -0.25) is 14.5 Å². The molecule has 0 unspecified atom stereocenters. The molecule has 1 fully saturated rings. The Morgan fingerprint density at radius 3 is 2.42 bits per heavy atom. The fraction of sp³-hybridized carbons (Fsp3) is 0.474. The van der Waals surface area contributed by atoms with Gasteiger partial charge in [0.2, 0.25) is 5.91 Å². The second-order valence-corrected chi connectivity index (χ2v) is 7.53. The van der Waals surface area contributed by atoms with Crippen LogP contribution in [0.25, 0.3) is 0 Å². The van der Waals surface area contributed by atoms with E-state index in [1.54, 1.807) is 6.92 Å². The molecule has 1 atom stereocenters. The average Bonchev–Trinajstić information content (AvgIpc) is 2.79. The van der Waals surface area contributed by atoms with E-state index in [4.69, 9.17) is 5.26 Å². The van der Waals surface area contributed by atoms with Crippen LogP contribution in [-0.2, 0) is 20.5 Å². The van der Waals surface area contributed by atoms with Crippen molar-refractivity contribution in [1.29, 1.82) is 5.26 Å². The summed E-state index contributed by atoms with van der Waals surface area (Å²) in [6.07, 6.45) is 0.170. The van der Waals surface area contributed by atoms with Gasteiger partial charge in [-0.2, -0.15) is 5.26 Å². The first-order chi connectivity index (χ1) is 12.1. The molecule has 0 bridgehead atoms. The van der Waals surface area contributed by atoms with Crippen LogP contribution in [0.1, 0.15) is 45.2 Å². The van der Waals surface area contributed by atoms with Crippen molar-refractivity contribution in [3.05, 3.63) is 35.4 Å². The maximum Gasteiger partial charge on any atom is 0.325 e. The van der Waals surface area contributed by atoms with E-state index in [9.17, 15) is 14.4 Å². The second-order valence-electron chi connectivity index (χ2n) is 7.53. The minimum absolute atomic E-state index is 0.0179. The molecule has 1 aromatic rings. The fourth-order valence-corrected chi connectivity index (χ4v) is 2.80. The van der Waals surface area contributed by atoms with Gasteiger partial charge < -0.3 is 10.6 Å². The maximum absolute atomic E-state index is 12.8. The van der Waals surface area contributed by atoms with Gasteiger partial charge in [0.15, 0.2) is 0 Å². The SMILES string of the molecule is CC(C)(C)c1ccc([C@@]2(C)NC(=O)N(CC(=O)NCCC#N)C2=O)cc1. The van der Waals surface area contributed by atoms with Crippen LogP contribution >= 0.6 is 0 Å². The molecular formula is C19H24N4O3. The standard InChI is InChI=1S/C19H24N4O3/c1-18(2,3)13-6-8-14(9-7-13)19(4)16(25)23(17(26)22-19)12-15(24)21-11-5-10-20/h6-9H,5,11-12H2,1-4H3,(H,21,24)(H,22,26)/t19-/m1/s1. The first-order valence-corrected chi connectivity index (χ1v) is 8.48. The lowest BCUT2D eigenvalue weighted by molar-refractivity contribution is -0.134. The number of amides is 4. The molecule has 4 amide bonds.